The zero-order valence-corrected chi connectivity index (χ0v) is 17.8. The third kappa shape index (κ3) is 4.02. The standard InChI is InChI=1S/C21H21NO8S/c1-22(12-5-6-31(26,27)11-12)19(24)10-29-14-8-16(23)20-18(9-14)30-17-4-3-13(28-2)7-15(17)21(20)25/h3-4,7-9,12,23H,5-6,10-11H2,1-2H3. The maximum Gasteiger partial charge on any atom is 0.260 e. The molecule has 1 N–H and O–H groups in total. The second-order valence-corrected chi connectivity index (χ2v) is 9.69. The number of ether oxygens (including phenoxy) is 2. The molecule has 31 heavy (non-hydrogen) atoms. The highest BCUT2D eigenvalue weighted by atomic mass is 32.2. The molecule has 1 aliphatic rings. The van der Waals surface area contributed by atoms with Crippen LogP contribution in [0.4, 0.5) is 0 Å². The zero-order valence-electron chi connectivity index (χ0n) is 17.0. The molecule has 1 aliphatic heterocycles. The molecule has 2 heterocycles. The summed E-state index contributed by atoms with van der Waals surface area (Å²) < 4.78 is 39.6. The summed E-state index contributed by atoms with van der Waals surface area (Å²) in [5, 5.41) is 10.6. The minimum Gasteiger partial charge on any atom is -0.507 e. The monoisotopic (exact) mass is 447 g/mol. The van der Waals surface area contributed by atoms with Gasteiger partial charge < -0.3 is 23.9 Å². The van der Waals surface area contributed by atoms with Crippen molar-refractivity contribution in [2.24, 2.45) is 0 Å². The van der Waals surface area contributed by atoms with E-state index < -0.39 is 21.2 Å². The van der Waals surface area contributed by atoms with Crippen molar-refractivity contribution in [1.82, 2.24) is 4.90 Å². The number of phenolic OH excluding ortho intramolecular Hbond substituents is 1. The highest BCUT2D eigenvalue weighted by Crippen LogP contribution is 2.31. The molecule has 10 heteroatoms. The predicted octanol–water partition coefficient (Wildman–Crippen LogP) is 1.68. The van der Waals surface area contributed by atoms with E-state index in [0.29, 0.717) is 17.8 Å². The first-order chi connectivity index (χ1) is 14.7. The second kappa shape index (κ2) is 7.77. The molecular formula is C21H21NO8S. The number of carbonyl (C=O) groups excluding carboxylic acids is 1. The molecule has 164 valence electrons. The number of hydrogen-bond donors (Lipinski definition) is 1. The van der Waals surface area contributed by atoms with Gasteiger partial charge in [0.15, 0.2) is 16.4 Å². The van der Waals surface area contributed by atoms with E-state index >= 15 is 0 Å². The Kier molecular flexibility index (Phi) is 5.26. The number of sulfone groups is 1. The molecule has 3 aromatic rings. The van der Waals surface area contributed by atoms with Crippen molar-refractivity contribution in [3.63, 3.8) is 0 Å². The van der Waals surface area contributed by atoms with Crippen LogP contribution in [-0.4, -0.2) is 62.6 Å². The largest absolute Gasteiger partial charge is 0.507 e. The fourth-order valence-electron chi connectivity index (χ4n) is 3.66. The first kappa shape index (κ1) is 21.0. The molecule has 0 saturated carbocycles. The van der Waals surface area contributed by atoms with Crippen LogP contribution in [0.15, 0.2) is 39.5 Å². The van der Waals surface area contributed by atoms with Crippen molar-refractivity contribution >= 4 is 37.7 Å². The van der Waals surface area contributed by atoms with Crippen LogP contribution >= 0.6 is 0 Å². The molecule has 0 bridgehead atoms. The van der Waals surface area contributed by atoms with Gasteiger partial charge in [-0.25, -0.2) is 8.42 Å². The lowest BCUT2D eigenvalue weighted by Gasteiger charge is -2.23. The van der Waals surface area contributed by atoms with Crippen LogP contribution in [0.1, 0.15) is 6.42 Å². The Morgan fingerprint density at radius 1 is 1.23 bits per heavy atom. The van der Waals surface area contributed by atoms with Gasteiger partial charge in [0.05, 0.1) is 24.0 Å². The van der Waals surface area contributed by atoms with E-state index in [1.54, 1.807) is 12.1 Å². The summed E-state index contributed by atoms with van der Waals surface area (Å²) >= 11 is 0. The van der Waals surface area contributed by atoms with E-state index in [2.05, 4.69) is 0 Å². The first-order valence-corrected chi connectivity index (χ1v) is 11.4. The highest BCUT2D eigenvalue weighted by Gasteiger charge is 2.32. The number of aromatic hydroxyl groups is 1. The maximum absolute atomic E-state index is 12.8. The van der Waals surface area contributed by atoms with E-state index in [1.807, 2.05) is 0 Å². The summed E-state index contributed by atoms with van der Waals surface area (Å²) in [6.07, 6.45) is 0.393. The van der Waals surface area contributed by atoms with Gasteiger partial charge in [-0.1, -0.05) is 0 Å². The van der Waals surface area contributed by atoms with Crippen molar-refractivity contribution in [3.05, 3.63) is 40.6 Å². The van der Waals surface area contributed by atoms with Gasteiger partial charge >= 0.3 is 0 Å². The van der Waals surface area contributed by atoms with Gasteiger partial charge in [0.2, 0.25) is 5.43 Å². The molecule has 2 aromatic carbocycles. The van der Waals surface area contributed by atoms with Gasteiger partial charge in [0.25, 0.3) is 5.91 Å². The zero-order chi connectivity index (χ0) is 22.3. The predicted molar refractivity (Wildman–Crippen MR) is 114 cm³/mol. The van der Waals surface area contributed by atoms with E-state index in [-0.39, 0.29) is 52.0 Å². The molecule has 0 spiro atoms. The number of likely N-dealkylation sites (N-methyl/N-ethyl adjacent to an activating group) is 1. The summed E-state index contributed by atoms with van der Waals surface area (Å²) in [4.78, 5) is 26.6. The summed E-state index contributed by atoms with van der Waals surface area (Å²) in [5.41, 5.74) is 0.00547. The van der Waals surface area contributed by atoms with Crippen molar-refractivity contribution in [2.45, 2.75) is 12.5 Å². The molecule has 4 rings (SSSR count). The smallest absolute Gasteiger partial charge is 0.260 e. The average molecular weight is 447 g/mol. The molecule has 1 fully saturated rings. The number of nitrogens with zero attached hydrogens (tertiary/aromatic N) is 1. The van der Waals surface area contributed by atoms with Gasteiger partial charge in [-0.2, -0.15) is 0 Å². The number of amides is 1. The van der Waals surface area contributed by atoms with Crippen LogP contribution in [0.2, 0.25) is 0 Å². The van der Waals surface area contributed by atoms with E-state index in [9.17, 15) is 23.1 Å². The van der Waals surface area contributed by atoms with Crippen molar-refractivity contribution in [1.29, 1.82) is 0 Å². The Hall–Kier alpha value is -3.27. The van der Waals surface area contributed by atoms with Crippen LogP contribution in [0.3, 0.4) is 0 Å². The molecule has 9 nitrogen and oxygen atoms in total. The molecule has 0 radical (unpaired) electrons. The SMILES string of the molecule is COc1ccc2oc3cc(OCC(=O)N(C)C4CCS(=O)(=O)C4)cc(O)c3c(=O)c2c1. The number of fused-ring (bicyclic) bond motifs is 2. The van der Waals surface area contributed by atoms with E-state index in [4.69, 9.17) is 13.9 Å². The van der Waals surface area contributed by atoms with E-state index in [1.165, 1.54) is 37.3 Å². The molecule has 1 aromatic heterocycles. The van der Waals surface area contributed by atoms with Crippen molar-refractivity contribution in [2.75, 3.05) is 32.3 Å². The molecular weight excluding hydrogens is 426 g/mol. The van der Waals surface area contributed by atoms with Gasteiger partial charge in [0, 0.05) is 25.2 Å². The topological polar surface area (TPSA) is 123 Å². The summed E-state index contributed by atoms with van der Waals surface area (Å²) in [7, 11) is -0.0976. The Balaban J connectivity index is 1.58. The third-order valence-corrected chi connectivity index (χ3v) is 7.20. The maximum atomic E-state index is 12.8. The van der Waals surface area contributed by atoms with Gasteiger partial charge in [0.1, 0.15) is 33.8 Å². The number of hydrogen-bond acceptors (Lipinski definition) is 8. The third-order valence-electron chi connectivity index (χ3n) is 5.45. The van der Waals surface area contributed by atoms with Crippen molar-refractivity contribution in [3.8, 4) is 17.2 Å². The Morgan fingerprint density at radius 3 is 2.68 bits per heavy atom. The van der Waals surface area contributed by atoms with E-state index in [0.717, 1.165) is 0 Å². The number of carbonyl (C=O) groups is 1. The lowest BCUT2D eigenvalue weighted by Crippen LogP contribution is -2.40. The lowest BCUT2D eigenvalue weighted by molar-refractivity contribution is -0.133. The van der Waals surface area contributed by atoms with Crippen LogP contribution in [0.25, 0.3) is 21.9 Å². The van der Waals surface area contributed by atoms with Gasteiger partial charge in [-0.3, -0.25) is 9.59 Å². The number of rotatable bonds is 5. The summed E-state index contributed by atoms with van der Waals surface area (Å²) in [6.45, 7) is -0.354. The Labute approximate surface area is 177 Å². The Bertz CT molecular complexity index is 1340. The summed E-state index contributed by atoms with van der Waals surface area (Å²) in [6, 6.07) is 7.05. The average Bonchev–Trinajstić information content (AvgIpc) is 3.10. The fourth-order valence-corrected chi connectivity index (χ4v) is 5.43. The minimum atomic E-state index is -3.12. The quantitative estimate of drug-likeness (QED) is 0.586. The van der Waals surface area contributed by atoms with Crippen molar-refractivity contribution < 1.29 is 32.2 Å². The first-order valence-electron chi connectivity index (χ1n) is 9.55. The second-order valence-electron chi connectivity index (χ2n) is 7.46. The number of benzene rings is 2. The van der Waals surface area contributed by atoms with Crippen LogP contribution in [0.5, 0.6) is 17.2 Å². The molecule has 1 atom stereocenters. The molecule has 1 unspecified atom stereocenters. The lowest BCUT2D eigenvalue weighted by atomic mass is 10.1. The van der Waals surface area contributed by atoms with Crippen LogP contribution in [-0.2, 0) is 14.6 Å². The number of methoxy groups -OCH3 is 1. The molecule has 1 amide bonds. The van der Waals surface area contributed by atoms with Crippen LogP contribution < -0.4 is 14.9 Å². The molecule has 0 aliphatic carbocycles. The van der Waals surface area contributed by atoms with Gasteiger partial charge in [-0.05, 0) is 24.6 Å². The Morgan fingerprint density at radius 2 is 2.00 bits per heavy atom. The fraction of sp³-hybridized carbons (Fsp3) is 0.333. The minimum absolute atomic E-state index is 0.00675. The van der Waals surface area contributed by atoms with Gasteiger partial charge in [-0.15, -0.1) is 0 Å². The highest BCUT2D eigenvalue weighted by molar-refractivity contribution is 7.91. The normalized spacial score (nSPS) is 17.7. The molecule has 1 saturated heterocycles. The number of phenols is 1. The summed E-state index contributed by atoms with van der Waals surface area (Å²) in [5.74, 6) is -0.108. The van der Waals surface area contributed by atoms with Crippen LogP contribution in [0, 0.1) is 0 Å².